The Balaban J connectivity index is 1.54. The number of nitro benzene ring substituents is 1. The van der Waals surface area contributed by atoms with Crippen molar-refractivity contribution in [3.8, 4) is 0 Å². The highest BCUT2D eigenvalue weighted by Gasteiger charge is 2.25. The first-order valence-corrected chi connectivity index (χ1v) is 10.4. The summed E-state index contributed by atoms with van der Waals surface area (Å²) >= 11 is 0. The van der Waals surface area contributed by atoms with E-state index >= 15 is 0 Å². The molecule has 0 aliphatic heterocycles. The Kier molecular flexibility index (Phi) is 6.63. The first-order valence-electron chi connectivity index (χ1n) is 10.4. The Labute approximate surface area is 193 Å². The van der Waals surface area contributed by atoms with E-state index in [1.54, 1.807) is 12.3 Å². The molecule has 9 heteroatoms. The minimum absolute atomic E-state index is 0.117. The number of ether oxygens (including phenoxy) is 1. The van der Waals surface area contributed by atoms with Gasteiger partial charge >= 0.3 is 5.97 Å². The van der Waals surface area contributed by atoms with Crippen LogP contribution in [0.25, 0.3) is 10.9 Å². The van der Waals surface area contributed by atoms with Crippen LogP contribution in [0.2, 0.25) is 0 Å². The molecule has 1 atom stereocenters. The molecule has 0 fully saturated rings. The van der Waals surface area contributed by atoms with Gasteiger partial charge in [-0.25, -0.2) is 9.18 Å². The molecule has 4 aromatic rings. The molecular weight excluding hydrogens is 441 g/mol. The predicted octanol–water partition coefficient (Wildman–Crippen LogP) is 4.30. The molecular formula is C25H20FN3O5. The van der Waals surface area contributed by atoms with E-state index in [9.17, 15) is 24.1 Å². The van der Waals surface area contributed by atoms with E-state index in [1.165, 1.54) is 30.3 Å². The minimum Gasteiger partial charge on any atom is -0.459 e. The summed E-state index contributed by atoms with van der Waals surface area (Å²) in [6.07, 6.45) is 1.90. The summed E-state index contributed by atoms with van der Waals surface area (Å²) in [5.41, 5.74) is 2.20. The maximum absolute atomic E-state index is 13.2. The molecule has 8 nitrogen and oxygen atoms in total. The molecule has 1 amide bonds. The van der Waals surface area contributed by atoms with Crippen molar-refractivity contribution in [1.82, 2.24) is 10.3 Å². The lowest BCUT2D eigenvalue weighted by atomic mass is 10.0. The van der Waals surface area contributed by atoms with E-state index in [0.717, 1.165) is 28.6 Å². The Hall–Kier alpha value is -4.53. The SMILES string of the molecule is O=C(NC(Cc1c[nH]c2ccccc12)C(=O)OCc1cccc([N+](=O)[O-])c1)c1ccc(F)cc1. The third kappa shape index (κ3) is 5.26. The number of amides is 1. The van der Waals surface area contributed by atoms with Crippen LogP contribution in [0.1, 0.15) is 21.5 Å². The number of carbonyl (C=O) groups is 2. The fourth-order valence-electron chi connectivity index (χ4n) is 3.57. The van der Waals surface area contributed by atoms with Gasteiger partial charge in [-0.1, -0.05) is 30.3 Å². The number of benzene rings is 3. The average molecular weight is 461 g/mol. The maximum Gasteiger partial charge on any atom is 0.329 e. The molecule has 0 aliphatic rings. The monoisotopic (exact) mass is 461 g/mol. The number of hydrogen-bond donors (Lipinski definition) is 2. The number of para-hydroxylation sites is 1. The van der Waals surface area contributed by atoms with Gasteiger partial charge in [-0.15, -0.1) is 0 Å². The zero-order valence-corrected chi connectivity index (χ0v) is 17.9. The fourth-order valence-corrected chi connectivity index (χ4v) is 3.57. The Bertz CT molecular complexity index is 1350. The molecule has 0 saturated carbocycles. The second-order valence-corrected chi connectivity index (χ2v) is 7.63. The molecule has 1 aromatic heterocycles. The van der Waals surface area contributed by atoms with Crippen molar-refractivity contribution >= 4 is 28.5 Å². The Morgan fingerprint density at radius 1 is 1.06 bits per heavy atom. The molecule has 0 saturated heterocycles. The highest BCUT2D eigenvalue weighted by atomic mass is 19.1. The van der Waals surface area contributed by atoms with Gasteiger partial charge in [0.1, 0.15) is 18.5 Å². The van der Waals surface area contributed by atoms with E-state index < -0.39 is 28.7 Å². The van der Waals surface area contributed by atoms with Crippen molar-refractivity contribution in [3.63, 3.8) is 0 Å². The van der Waals surface area contributed by atoms with Gasteiger partial charge in [0.15, 0.2) is 0 Å². The van der Waals surface area contributed by atoms with E-state index in [1.807, 2.05) is 24.3 Å². The second kappa shape index (κ2) is 9.95. The van der Waals surface area contributed by atoms with E-state index in [-0.39, 0.29) is 24.3 Å². The number of halogens is 1. The topological polar surface area (TPSA) is 114 Å². The van der Waals surface area contributed by atoms with E-state index in [4.69, 9.17) is 4.74 Å². The molecule has 0 bridgehead atoms. The van der Waals surface area contributed by atoms with Crippen molar-refractivity contribution in [2.24, 2.45) is 0 Å². The number of carbonyl (C=O) groups excluding carboxylic acids is 2. The summed E-state index contributed by atoms with van der Waals surface area (Å²) in [4.78, 5) is 39.3. The van der Waals surface area contributed by atoms with Gasteiger partial charge in [-0.05, 0) is 41.5 Å². The number of nitrogens with one attached hydrogen (secondary N) is 2. The van der Waals surface area contributed by atoms with Crippen molar-refractivity contribution in [2.75, 3.05) is 0 Å². The summed E-state index contributed by atoms with van der Waals surface area (Å²) in [7, 11) is 0. The third-order valence-corrected chi connectivity index (χ3v) is 5.30. The minimum atomic E-state index is -1.05. The largest absolute Gasteiger partial charge is 0.459 e. The standard InChI is InChI=1S/C25H20FN3O5/c26-19-10-8-17(9-11-19)24(30)28-23(13-18-14-27-22-7-2-1-6-21(18)22)25(31)34-15-16-4-3-5-20(12-16)29(32)33/h1-12,14,23,27H,13,15H2,(H,28,30). The summed E-state index contributed by atoms with van der Waals surface area (Å²) in [5.74, 6) is -1.74. The van der Waals surface area contributed by atoms with Crippen LogP contribution in [0, 0.1) is 15.9 Å². The zero-order valence-electron chi connectivity index (χ0n) is 17.9. The summed E-state index contributed by atoms with van der Waals surface area (Å²) in [5, 5.41) is 14.5. The van der Waals surface area contributed by atoms with Gasteiger partial charge in [0.05, 0.1) is 4.92 Å². The van der Waals surface area contributed by atoms with Gasteiger partial charge in [0.25, 0.3) is 11.6 Å². The van der Waals surface area contributed by atoms with Crippen molar-refractivity contribution in [3.05, 3.63) is 112 Å². The number of aromatic amines is 1. The van der Waals surface area contributed by atoms with Gasteiger partial charge in [0.2, 0.25) is 0 Å². The maximum atomic E-state index is 13.2. The van der Waals surface area contributed by atoms with Gasteiger partial charge < -0.3 is 15.0 Å². The lowest BCUT2D eigenvalue weighted by Crippen LogP contribution is -2.43. The fraction of sp³-hybridized carbons (Fsp3) is 0.120. The number of rotatable bonds is 8. The van der Waals surface area contributed by atoms with E-state index in [2.05, 4.69) is 10.3 Å². The first kappa shape index (κ1) is 22.7. The molecule has 2 N–H and O–H groups in total. The number of non-ortho nitro benzene ring substituents is 1. The molecule has 3 aromatic carbocycles. The summed E-state index contributed by atoms with van der Waals surface area (Å²) in [6.45, 7) is -0.197. The van der Waals surface area contributed by atoms with Gasteiger partial charge in [0, 0.05) is 41.2 Å². The van der Waals surface area contributed by atoms with Crippen molar-refractivity contribution in [2.45, 2.75) is 19.1 Å². The van der Waals surface area contributed by atoms with Crippen molar-refractivity contribution < 1.29 is 23.6 Å². The number of nitrogens with zero attached hydrogens (tertiary/aromatic N) is 1. The number of nitro groups is 1. The Morgan fingerprint density at radius 2 is 1.82 bits per heavy atom. The van der Waals surface area contributed by atoms with Crippen LogP contribution in [-0.4, -0.2) is 27.8 Å². The molecule has 0 spiro atoms. The first-order chi connectivity index (χ1) is 16.4. The van der Waals surface area contributed by atoms with Crippen LogP contribution in [-0.2, 0) is 22.6 Å². The summed E-state index contributed by atoms with van der Waals surface area (Å²) in [6, 6.07) is 17.2. The lowest BCUT2D eigenvalue weighted by molar-refractivity contribution is -0.384. The number of aromatic nitrogens is 1. The van der Waals surface area contributed by atoms with Crippen LogP contribution in [0.5, 0.6) is 0 Å². The lowest BCUT2D eigenvalue weighted by Gasteiger charge is -2.18. The summed E-state index contributed by atoms with van der Waals surface area (Å²) < 4.78 is 18.6. The highest BCUT2D eigenvalue weighted by molar-refractivity contribution is 5.97. The molecule has 1 heterocycles. The highest BCUT2D eigenvalue weighted by Crippen LogP contribution is 2.20. The molecule has 0 radical (unpaired) electrons. The van der Waals surface area contributed by atoms with Crippen LogP contribution < -0.4 is 5.32 Å². The molecule has 172 valence electrons. The zero-order chi connectivity index (χ0) is 24.1. The number of fused-ring (bicyclic) bond motifs is 1. The van der Waals surface area contributed by atoms with Crippen LogP contribution in [0.4, 0.5) is 10.1 Å². The average Bonchev–Trinajstić information content (AvgIpc) is 3.25. The molecule has 34 heavy (non-hydrogen) atoms. The number of H-pyrrole nitrogens is 1. The normalized spacial score (nSPS) is 11.7. The van der Waals surface area contributed by atoms with Crippen molar-refractivity contribution in [1.29, 1.82) is 0 Å². The Morgan fingerprint density at radius 3 is 2.59 bits per heavy atom. The molecule has 1 unspecified atom stereocenters. The molecule has 4 rings (SSSR count). The smallest absolute Gasteiger partial charge is 0.329 e. The second-order valence-electron chi connectivity index (χ2n) is 7.63. The van der Waals surface area contributed by atoms with E-state index in [0.29, 0.717) is 5.56 Å². The van der Waals surface area contributed by atoms with Crippen LogP contribution >= 0.6 is 0 Å². The van der Waals surface area contributed by atoms with Gasteiger partial charge in [-0.2, -0.15) is 0 Å². The van der Waals surface area contributed by atoms with Crippen LogP contribution in [0.3, 0.4) is 0 Å². The van der Waals surface area contributed by atoms with Crippen LogP contribution in [0.15, 0.2) is 79.0 Å². The number of hydrogen-bond acceptors (Lipinski definition) is 5. The number of esters is 1. The van der Waals surface area contributed by atoms with Gasteiger partial charge in [-0.3, -0.25) is 14.9 Å². The third-order valence-electron chi connectivity index (χ3n) is 5.30. The molecule has 0 aliphatic carbocycles. The quantitative estimate of drug-likeness (QED) is 0.231. The predicted molar refractivity (Wildman–Crippen MR) is 123 cm³/mol.